The Labute approximate surface area is 128 Å². The molecule has 0 aliphatic rings. The Morgan fingerprint density at radius 1 is 1.19 bits per heavy atom. The molecule has 1 aromatic heterocycles. The smallest absolute Gasteiger partial charge is 0.163 e. The number of thiophene rings is 1. The first kappa shape index (κ1) is 16.1. The van der Waals surface area contributed by atoms with Gasteiger partial charge in [-0.25, -0.2) is 8.78 Å². The highest BCUT2D eigenvalue weighted by atomic mass is 32.1. The van der Waals surface area contributed by atoms with Crippen LogP contribution in [-0.4, -0.2) is 25.5 Å². The van der Waals surface area contributed by atoms with Gasteiger partial charge >= 0.3 is 0 Å². The highest BCUT2D eigenvalue weighted by Crippen LogP contribution is 2.24. The summed E-state index contributed by atoms with van der Waals surface area (Å²) in [4.78, 5) is 3.37. The van der Waals surface area contributed by atoms with E-state index in [0.29, 0.717) is 12.1 Å². The summed E-state index contributed by atoms with van der Waals surface area (Å²) in [5, 5.41) is 5.34. The number of nitrogens with one attached hydrogen (secondary N) is 1. The minimum atomic E-state index is -0.802. The van der Waals surface area contributed by atoms with Crippen molar-refractivity contribution in [2.45, 2.75) is 19.0 Å². The number of benzene rings is 1. The molecule has 0 amide bonds. The molecule has 114 valence electrons. The summed E-state index contributed by atoms with van der Waals surface area (Å²) in [6.07, 6.45) is 0. The van der Waals surface area contributed by atoms with Crippen LogP contribution in [0.1, 0.15) is 29.4 Å². The van der Waals surface area contributed by atoms with Gasteiger partial charge < -0.3 is 10.2 Å². The Balaban J connectivity index is 2.05. The lowest BCUT2D eigenvalue weighted by Gasteiger charge is -2.26. The van der Waals surface area contributed by atoms with Gasteiger partial charge in [-0.1, -0.05) is 18.2 Å². The number of rotatable bonds is 6. The van der Waals surface area contributed by atoms with Gasteiger partial charge in [0.2, 0.25) is 0 Å². The van der Waals surface area contributed by atoms with E-state index in [4.69, 9.17) is 0 Å². The molecule has 0 fully saturated rings. The van der Waals surface area contributed by atoms with Crippen LogP contribution in [0.15, 0.2) is 35.7 Å². The summed E-state index contributed by atoms with van der Waals surface area (Å²) < 4.78 is 27.1. The first-order valence-corrected chi connectivity index (χ1v) is 7.75. The van der Waals surface area contributed by atoms with Gasteiger partial charge in [-0.05, 0) is 38.5 Å². The highest BCUT2D eigenvalue weighted by molar-refractivity contribution is 7.10. The Hall–Kier alpha value is -1.30. The lowest BCUT2D eigenvalue weighted by atomic mass is 10.1. The molecule has 5 heteroatoms. The van der Waals surface area contributed by atoms with Gasteiger partial charge in [0.15, 0.2) is 11.6 Å². The molecule has 0 aliphatic carbocycles. The second kappa shape index (κ2) is 7.11. The molecule has 2 rings (SSSR count). The van der Waals surface area contributed by atoms with E-state index >= 15 is 0 Å². The van der Waals surface area contributed by atoms with Crippen LogP contribution in [0, 0.1) is 11.6 Å². The third-order valence-electron chi connectivity index (χ3n) is 3.56. The third-order valence-corrected chi connectivity index (χ3v) is 4.53. The number of nitrogens with zero attached hydrogens (tertiary/aromatic N) is 1. The van der Waals surface area contributed by atoms with Gasteiger partial charge in [0.05, 0.1) is 6.04 Å². The average molecular weight is 310 g/mol. The first-order chi connectivity index (χ1) is 10.0. The van der Waals surface area contributed by atoms with E-state index < -0.39 is 11.6 Å². The molecule has 0 radical (unpaired) electrons. The van der Waals surface area contributed by atoms with Gasteiger partial charge in [-0.3, -0.25) is 0 Å². The van der Waals surface area contributed by atoms with Crippen molar-refractivity contribution < 1.29 is 8.78 Å². The van der Waals surface area contributed by atoms with Crippen molar-refractivity contribution in [3.8, 4) is 0 Å². The fraction of sp³-hybridized carbons (Fsp3) is 0.375. The van der Waals surface area contributed by atoms with Gasteiger partial charge in [0.25, 0.3) is 0 Å². The van der Waals surface area contributed by atoms with E-state index in [9.17, 15) is 8.78 Å². The first-order valence-electron chi connectivity index (χ1n) is 6.87. The SMILES string of the molecule is CC(NCC(c1cccs1)N(C)C)c1cccc(F)c1F. The van der Waals surface area contributed by atoms with Crippen molar-refractivity contribution in [3.63, 3.8) is 0 Å². The van der Waals surface area contributed by atoms with Gasteiger partial charge in [-0.2, -0.15) is 0 Å². The van der Waals surface area contributed by atoms with Crippen LogP contribution in [0.2, 0.25) is 0 Å². The predicted octanol–water partition coefficient (Wildman–Crippen LogP) is 3.98. The quantitative estimate of drug-likeness (QED) is 0.868. The summed E-state index contributed by atoms with van der Waals surface area (Å²) in [6, 6.07) is 8.36. The van der Waals surface area contributed by atoms with Gasteiger partial charge in [-0.15, -0.1) is 11.3 Å². The number of likely N-dealkylation sites (N-methyl/N-ethyl adjacent to an activating group) is 1. The molecular weight excluding hydrogens is 290 g/mol. The van der Waals surface area contributed by atoms with Crippen LogP contribution in [0.3, 0.4) is 0 Å². The zero-order chi connectivity index (χ0) is 15.4. The van der Waals surface area contributed by atoms with Crippen LogP contribution >= 0.6 is 11.3 Å². The lowest BCUT2D eigenvalue weighted by Crippen LogP contribution is -2.32. The van der Waals surface area contributed by atoms with E-state index in [1.807, 2.05) is 32.5 Å². The summed E-state index contributed by atoms with van der Waals surface area (Å²) in [5.41, 5.74) is 0.360. The Morgan fingerprint density at radius 3 is 2.57 bits per heavy atom. The highest BCUT2D eigenvalue weighted by Gasteiger charge is 2.18. The molecule has 2 unspecified atom stereocenters. The molecule has 2 nitrogen and oxygen atoms in total. The predicted molar refractivity (Wildman–Crippen MR) is 83.5 cm³/mol. The molecular formula is C16H20F2N2S. The largest absolute Gasteiger partial charge is 0.308 e. The molecule has 1 N–H and O–H groups in total. The minimum absolute atomic E-state index is 0.212. The average Bonchev–Trinajstić information content (AvgIpc) is 2.95. The molecule has 2 aromatic rings. The van der Waals surface area contributed by atoms with E-state index in [-0.39, 0.29) is 12.1 Å². The summed E-state index contributed by atoms with van der Waals surface area (Å²) >= 11 is 1.70. The Kier molecular flexibility index (Phi) is 5.45. The molecule has 21 heavy (non-hydrogen) atoms. The molecule has 0 aliphatic heterocycles. The second-order valence-corrected chi connectivity index (χ2v) is 6.25. The summed E-state index contributed by atoms with van der Waals surface area (Å²) in [6.45, 7) is 2.52. The molecule has 0 spiro atoms. The molecule has 1 aromatic carbocycles. The zero-order valence-electron chi connectivity index (χ0n) is 12.4. The number of halogens is 2. The van der Waals surface area contributed by atoms with Crippen molar-refractivity contribution in [3.05, 3.63) is 57.8 Å². The maximum Gasteiger partial charge on any atom is 0.163 e. The van der Waals surface area contributed by atoms with Gasteiger partial charge in [0, 0.05) is 23.0 Å². The van der Waals surface area contributed by atoms with Crippen molar-refractivity contribution in [2.24, 2.45) is 0 Å². The Bertz CT molecular complexity index is 570. The van der Waals surface area contributed by atoms with Crippen LogP contribution in [0.5, 0.6) is 0 Å². The lowest BCUT2D eigenvalue weighted by molar-refractivity contribution is 0.284. The van der Waals surface area contributed by atoms with Crippen LogP contribution < -0.4 is 5.32 Å². The normalized spacial score (nSPS) is 14.4. The van der Waals surface area contributed by atoms with Crippen LogP contribution in [-0.2, 0) is 0 Å². The minimum Gasteiger partial charge on any atom is -0.308 e. The maximum atomic E-state index is 13.8. The summed E-state index contributed by atoms with van der Waals surface area (Å²) in [5.74, 6) is -1.57. The van der Waals surface area contributed by atoms with Crippen molar-refractivity contribution in [1.29, 1.82) is 0 Å². The molecule has 2 atom stereocenters. The molecule has 0 bridgehead atoms. The molecule has 0 saturated carbocycles. The topological polar surface area (TPSA) is 15.3 Å². The monoisotopic (exact) mass is 310 g/mol. The number of hydrogen-bond donors (Lipinski definition) is 1. The third kappa shape index (κ3) is 3.87. The van der Waals surface area contributed by atoms with Crippen molar-refractivity contribution >= 4 is 11.3 Å². The van der Waals surface area contributed by atoms with Crippen molar-refractivity contribution in [1.82, 2.24) is 10.2 Å². The molecule has 1 heterocycles. The summed E-state index contributed by atoms with van der Waals surface area (Å²) in [7, 11) is 4.03. The fourth-order valence-corrected chi connectivity index (χ4v) is 3.19. The van der Waals surface area contributed by atoms with E-state index in [0.717, 1.165) is 6.07 Å². The van der Waals surface area contributed by atoms with E-state index in [1.54, 1.807) is 17.4 Å². The van der Waals surface area contributed by atoms with Crippen LogP contribution in [0.4, 0.5) is 8.78 Å². The van der Waals surface area contributed by atoms with E-state index in [1.165, 1.54) is 10.9 Å². The zero-order valence-corrected chi connectivity index (χ0v) is 13.3. The maximum absolute atomic E-state index is 13.8. The molecule has 0 saturated heterocycles. The van der Waals surface area contributed by atoms with E-state index in [2.05, 4.69) is 16.3 Å². The second-order valence-electron chi connectivity index (χ2n) is 5.27. The van der Waals surface area contributed by atoms with Gasteiger partial charge in [0.1, 0.15) is 0 Å². The number of hydrogen-bond acceptors (Lipinski definition) is 3. The van der Waals surface area contributed by atoms with Crippen molar-refractivity contribution in [2.75, 3.05) is 20.6 Å². The fourth-order valence-electron chi connectivity index (χ4n) is 2.27. The Morgan fingerprint density at radius 2 is 1.95 bits per heavy atom. The van der Waals surface area contributed by atoms with Crippen LogP contribution in [0.25, 0.3) is 0 Å². The standard InChI is InChI=1S/C16H20F2N2S/c1-11(12-6-4-7-13(17)16(12)18)19-10-14(20(2)3)15-8-5-9-21-15/h4-9,11,14,19H,10H2,1-3H3.